The second-order valence-electron chi connectivity index (χ2n) is 6.44. The third-order valence-corrected chi connectivity index (χ3v) is 3.28. The van der Waals surface area contributed by atoms with Crippen molar-refractivity contribution < 1.29 is 5.11 Å². The summed E-state index contributed by atoms with van der Waals surface area (Å²) in [5.74, 6) is 0.665. The highest BCUT2D eigenvalue weighted by atomic mass is 16.3. The predicted octanol–water partition coefficient (Wildman–Crippen LogP) is 3.49. The number of aryl methyl sites for hydroxylation is 1. The molecule has 1 atom stereocenters. The molecule has 0 aliphatic rings. The van der Waals surface area contributed by atoms with Gasteiger partial charge < -0.3 is 9.67 Å². The van der Waals surface area contributed by atoms with E-state index in [4.69, 9.17) is 5.11 Å². The summed E-state index contributed by atoms with van der Waals surface area (Å²) in [7, 11) is 0. The number of unbranched alkanes of at least 4 members (excludes halogenated alkanes) is 1. The van der Waals surface area contributed by atoms with E-state index >= 15 is 0 Å². The molecule has 0 spiro atoms. The number of aromatic nitrogens is 2. The van der Waals surface area contributed by atoms with Crippen molar-refractivity contribution in [3.05, 3.63) is 18.7 Å². The van der Waals surface area contributed by atoms with Crippen molar-refractivity contribution in [1.82, 2.24) is 9.55 Å². The van der Waals surface area contributed by atoms with Gasteiger partial charge in [0.2, 0.25) is 0 Å². The zero-order valence-corrected chi connectivity index (χ0v) is 12.1. The first-order valence-corrected chi connectivity index (χ1v) is 7.08. The second kappa shape index (κ2) is 7.57. The van der Waals surface area contributed by atoms with Crippen LogP contribution in [0.15, 0.2) is 18.7 Å². The van der Waals surface area contributed by atoms with Crippen LogP contribution in [0.3, 0.4) is 0 Å². The lowest BCUT2D eigenvalue weighted by atomic mass is 9.81. The van der Waals surface area contributed by atoms with E-state index in [1.54, 1.807) is 0 Å². The van der Waals surface area contributed by atoms with Crippen molar-refractivity contribution in [1.29, 1.82) is 0 Å². The molecule has 0 saturated heterocycles. The minimum atomic E-state index is 0.322. The Morgan fingerprint density at radius 2 is 2.00 bits per heavy atom. The van der Waals surface area contributed by atoms with Gasteiger partial charge in [-0.15, -0.1) is 0 Å². The minimum Gasteiger partial charge on any atom is -0.396 e. The van der Waals surface area contributed by atoms with Crippen molar-refractivity contribution >= 4 is 0 Å². The van der Waals surface area contributed by atoms with Crippen LogP contribution in [0.4, 0.5) is 0 Å². The zero-order chi connectivity index (χ0) is 13.4. The molecule has 3 nitrogen and oxygen atoms in total. The van der Waals surface area contributed by atoms with Gasteiger partial charge in [0.05, 0.1) is 6.33 Å². The Labute approximate surface area is 111 Å². The first kappa shape index (κ1) is 15.2. The monoisotopic (exact) mass is 252 g/mol. The molecule has 0 saturated carbocycles. The Morgan fingerprint density at radius 1 is 1.22 bits per heavy atom. The smallest absolute Gasteiger partial charge is 0.0945 e. The van der Waals surface area contributed by atoms with Crippen LogP contribution < -0.4 is 0 Å². The van der Waals surface area contributed by atoms with Crippen molar-refractivity contribution in [2.75, 3.05) is 6.61 Å². The number of aliphatic hydroxyl groups excluding tert-OH is 1. The quantitative estimate of drug-likeness (QED) is 0.719. The maximum absolute atomic E-state index is 9.13. The maximum atomic E-state index is 9.13. The van der Waals surface area contributed by atoms with Crippen LogP contribution >= 0.6 is 0 Å². The number of hydrogen-bond donors (Lipinski definition) is 1. The van der Waals surface area contributed by atoms with Crippen molar-refractivity contribution in [2.24, 2.45) is 11.3 Å². The molecular weight excluding hydrogens is 224 g/mol. The molecule has 0 aliphatic carbocycles. The summed E-state index contributed by atoms with van der Waals surface area (Å²) in [6, 6.07) is 0. The topological polar surface area (TPSA) is 38.0 Å². The molecular formula is C15H28N2O. The molecule has 0 aromatic carbocycles. The Morgan fingerprint density at radius 3 is 2.56 bits per heavy atom. The fourth-order valence-electron chi connectivity index (χ4n) is 2.54. The average Bonchev–Trinajstić information content (AvgIpc) is 2.75. The van der Waals surface area contributed by atoms with Gasteiger partial charge in [0.1, 0.15) is 0 Å². The molecule has 0 unspecified atom stereocenters. The van der Waals surface area contributed by atoms with E-state index in [1.165, 1.54) is 25.7 Å². The van der Waals surface area contributed by atoms with Gasteiger partial charge in [-0.1, -0.05) is 33.6 Å². The summed E-state index contributed by atoms with van der Waals surface area (Å²) < 4.78 is 2.13. The molecule has 1 aromatic heterocycles. The lowest BCUT2D eigenvalue weighted by Gasteiger charge is -2.25. The van der Waals surface area contributed by atoms with E-state index in [1.807, 2.05) is 18.7 Å². The molecule has 1 rings (SSSR count). The lowest BCUT2D eigenvalue weighted by Crippen LogP contribution is -2.14. The third kappa shape index (κ3) is 6.80. The Balaban J connectivity index is 2.20. The fraction of sp³-hybridized carbons (Fsp3) is 0.800. The molecule has 1 heterocycles. The average molecular weight is 252 g/mol. The van der Waals surface area contributed by atoms with Gasteiger partial charge in [0, 0.05) is 25.5 Å². The van der Waals surface area contributed by atoms with E-state index in [9.17, 15) is 0 Å². The summed E-state index contributed by atoms with van der Waals surface area (Å²) in [4.78, 5) is 4.04. The van der Waals surface area contributed by atoms with Crippen LogP contribution in [-0.4, -0.2) is 21.3 Å². The van der Waals surface area contributed by atoms with E-state index in [2.05, 4.69) is 30.3 Å². The minimum absolute atomic E-state index is 0.322. The van der Waals surface area contributed by atoms with E-state index in [-0.39, 0.29) is 0 Å². The highest BCUT2D eigenvalue weighted by Crippen LogP contribution is 2.29. The van der Waals surface area contributed by atoms with Crippen molar-refractivity contribution in [3.63, 3.8) is 0 Å². The molecule has 1 aromatic rings. The number of imidazole rings is 1. The van der Waals surface area contributed by atoms with Gasteiger partial charge in [-0.2, -0.15) is 0 Å². The molecule has 0 bridgehead atoms. The van der Waals surface area contributed by atoms with Gasteiger partial charge >= 0.3 is 0 Å². The number of nitrogens with zero attached hydrogens (tertiary/aromatic N) is 2. The Bertz CT molecular complexity index is 301. The van der Waals surface area contributed by atoms with Crippen LogP contribution in [-0.2, 0) is 6.54 Å². The molecule has 1 N–H and O–H groups in total. The predicted molar refractivity (Wildman–Crippen MR) is 75.3 cm³/mol. The normalized spacial score (nSPS) is 13.8. The SMILES string of the molecule is CC(C)(C)C[C@H](CCO)CCCCn1ccnc1. The zero-order valence-electron chi connectivity index (χ0n) is 12.1. The van der Waals surface area contributed by atoms with Gasteiger partial charge in [-0.3, -0.25) is 0 Å². The Hall–Kier alpha value is -0.830. The van der Waals surface area contributed by atoms with Crippen LogP contribution in [0.25, 0.3) is 0 Å². The molecule has 3 heteroatoms. The molecule has 0 amide bonds. The fourth-order valence-corrected chi connectivity index (χ4v) is 2.54. The summed E-state index contributed by atoms with van der Waals surface area (Å²) in [5.41, 5.74) is 0.365. The number of hydrogen-bond acceptors (Lipinski definition) is 2. The van der Waals surface area contributed by atoms with Crippen LogP contribution in [0.1, 0.15) is 52.9 Å². The van der Waals surface area contributed by atoms with E-state index in [0.717, 1.165) is 13.0 Å². The van der Waals surface area contributed by atoms with Crippen LogP contribution in [0.5, 0.6) is 0 Å². The van der Waals surface area contributed by atoms with Gasteiger partial charge in [0.15, 0.2) is 0 Å². The Kier molecular flexibility index (Phi) is 6.41. The number of aliphatic hydroxyl groups is 1. The second-order valence-corrected chi connectivity index (χ2v) is 6.44. The van der Waals surface area contributed by atoms with Gasteiger partial charge in [-0.25, -0.2) is 4.98 Å². The summed E-state index contributed by atoms with van der Waals surface area (Å²) in [6.07, 6.45) is 11.5. The molecule has 0 aliphatic heterocycles. The molecule has 18 heavy (non-hydrogen) atoms. The molecule has 0 radical (unpaired) electrons. The highest BCUT2D eigenvalue weighted by Gasteiger charge is 2.17. The lowest BCUT2D eigenvalue weighted by molar-refractivity contribution is 0.207. The summed E-state index contributed by atoms with van der Waals surface area (Å²) in [5, 5.41) is 9.13. The van der Waals surface area contributed by atoms with Gasteiger partial charge in [-0.05, 0) is 30.6 Å². The summed E-state index contributed by atoms with van der Waals surface area (Å²) >= 11 is 0. The van der Waals surface area contributed by atoms with Crippen LogP contribution in [0.2, 0.25) is 0 Å². The first-order valence-electron chi connectivity index (χ1n) is 7.08. The first-order chi connectivity index (χ1) is 8.51. The largest absolute Gasteiger partial charge is 0.396 e. The molecule has 0 fully saturated rings. The third-order valence-electron chi connectivity index (χ3n) is 3.28. The van der Waals surface area contributed by atoms with Gasteiger partial charge in [0.25, 0.3) is 0 Å². The maximum Gasteiger partial charge on any atom is 0.0945 e. The van der Waals surface area contributed by atoms with E-state index in [0.29, 0.717) is 17.9 Å². The van der Waals surface area contributed by atoms with Crippen molar-refractivity contribution in [2.45, 2.75) is 59.4 Å². The van der Waals surface area contributed by atoms with E-state index < -0.39 is 0 Å². The summed E-state index contributed by atoms with van der Waals surface area (Å²) in [6.45, 7) is 8.22. The highest BCUT2D eigenvalue weighted by molar-refractivity contribution is 4.74. The van der Waals surface area contributed by atoms with Crippen LogP contribution in [0, 0.1) is 11.3 Å². The number of rotatable bonds is 8. The molecule has 104 valence electrons. The standard InChI is InChI=1S/C15H28N2O/c1-15(2,3)12-14(7-11-18)6-4-5-9-17-10-8-16-13-17/h8,10,13-14,18H,4-7,9,11-12H2,1-3H3/t14-/m0/s1. The van der Waals surface area contributed by atoms with Crippen molar-refractivity contribution in [3.8, 4) is 0 Å².